The molecule has 2 atom stereocenters. The van der Waals surface area contributed by atoms with Crippen LogP contribution in [0.3, 0.4) is 0 Å². The maximum Gasteiger partial charge on any atom is 0.307 e. The predicted octanol–water partition coefficient (Wildman–Crippen LogP) is 3.81. The van der Waals surface area contributed by atoms with Crippen molar-refractivity contribution >= 4 is 39.8 Å². The fourth-order valence-electron chi connectivity index (χ4n) is 4.56. The third-order valence-electron chi connectivity index (χ3n) is 6.20. The van der Waals surface area contributed by atoms with Gasteiger partial charge < -0.3 is 20.8 Å². The third kappa shape index (κ3) is 4.50. The second kappa shape index (κ2) is 9.20. The Kier molecular flexibility index (Phi) is 6.38. The van der Waals surface area contributed by atoms with Gasteiger partial charge in [-0.15, -0.1) is 11.3 Å². The molecule has 1 aromatic carbocycles. The highest BCUT2D eigenvalue weighted by molar-refractivity contribution is 7.17. The van der Waals surface area contributed by atoms with Crippen molar-refractivity contribution < 1.29 is 24.6 Å². The number of aliphatic hydroxyl groups excluding tert-OH is 1. The minimum Gasteiger partial charge on any atom is -0.481 e. The van der Waals surface area contributed by atoms with Gasteiger partial charge in [0, 0.05) is 10.6 Å². The van der Waals surface area contributed by atoms with Gasteiger partial charge in [-0.1, -0.05) is 25.0 Å². The summed E-state index contributed by atoms with van der Waals surface area (Å²) in [7, 11) is 0. The Labute approximate surface area is 184 Å². The highest BCUT2D eigenvalue weighted by atomic mass is 32.1. The van der Waals surface area contributed by atoms with E-state index in [0.717, 1.165) is 48.1 Å². The van der Waals surface area contributed by atoms with Gasteiger partial charge in [0.1, 0.15) is 5.00 Å². The maximum atomic E-state index is 13.1. The molecule has 1 saturated carbocycles. The van der Waals surface area contributed by atoms with Gasteiger partial charge in [0.2, 0.25) is 5.91 Å². The van der Waals surface area contributed by atoms with E-state index in [1.54, 1.807) is 24.3 Å². The number of anilines is 2. The molecule has 1 fully saturated rings. The standard InChI is InChI=1S/C23H26N2O5S/c26-12-13-8-10-14(11-9-13)24-21(28)19-17-6-3-7-18(17)31-22(19)25-20(27)15-4-1-2-5-16(15)23(29)30/h8-11,15-16,26H,1-7,12H2,(H,24,28)(H,25,27)(H,29,30). The number of carbonyl (C=O) groups is 3. The van der Waals surface area contributed by atoms with Crippen LogP contribution in [0.4, 0.5) is 10.7 Å². The number of aliphatic carboxylic acids is 1. The summed E-state index contributed by atoms with van der Waals surface area (Å²) in [6.45, 7) is -0.0685. The van der Waals surface area contributed by atoms with Gasteiger partial charge >= 0.3 is 5.97 Å². The van der Waals surface area contributed by atoms with Crippen LogP contribution in [0.5, 0.6) is 0 Å². The van der Waals surface area contributed by atoms with E-state index in [0.29, 0.717) is 29.1 Å². The molecule has 2 aromatic rings. The number of carboxylic acids is 1. The molecular formula is C23H26N2O5S. The number of aryl methyl sites for hydroxylation is 1. The first-order valence-electron chi connectivity index (χ1n) is 10.7. The Bertz CT molecular complexity index is 998. The highest BCUT2D eigenvalue weighted by Gasteiger charge is 2.37. The molecular weight excluding hydrogens is 416 g/mol. The summed E-state index contributed by atoms with van der Waals surface area (Å²) in [5, 5.41) is 25.0. The van der Waals surface area contributed by atoms with Gasteiger partial charge in [-0.25, -0.2) is 0 Å². The van der Waals surface area contributed by atoms with Crippen LogP contribution in [-0.2, 0) is 29.0 Å². The van der Waals surface area contributed by atoms with E-state index >= 15 is 0 Å². The van der Waals surface area contributed by atoms with Crippen molar-refractivity contribution in [2.45, 2.75) is 51.6 Å². The first-order chi connectivity index (χ1) is 15.0. The Balaban J connectivity index is 1.56. The van der Waals surface area contributed by atoms with Crippen LogP contribution in [-0.4, -0.2) is 28.0 Å². The second-order valence-corrected chi connectivity index (χ2v) is 9.30. The number of benzene rings is 1. The smallest absolute Gasteiger partial charge is 0.307 e. The van der Waals surface area contributed by atoms with Crippen molar-refractivity contribution in [3.05, 3.63) is 45.8 Å². The monoisotopic (exact) mass is 442 g/mol. The molecule has 2 aliphatic rings. The van der Waals surface area contributed by atoms with Crippen molar-refractivity contribution in [3.8, 4) is 0 Å². The van der Waals surface area contributed by atoms with Crippen molar-refractivity contribution in [2.75, 3.05) is 10.6 Å². The molecule has 0 aliphatic heterocycles. The van der Waals surface area contributed by atoms with E-state index in [9.17, 15) is 24.6 Å². The zero-order valence-corrected chi connectivity index (χ0v) is 18.0. The van der Waals surface area contributed by atoms with Crippen molar-refractivity contribution in [2.24, 2.45) is 11.8 Å². The lowest BCUT2D eigenvalue weighted by molar-refractivity contribution is -0.147. The lowest BCUT2D eigenvalue weighted by atomic mass is 9.79. The molecule has 0 radical (unpaired) electrons. The van der Waals surface area contributed by atoms with E-state index in [1.165, 1.54) is 11.3 Å². The van der Waals surface area contributed by atoms with Crippen LogP contribution < -0.4 is 10.6 Å². The fourth-order valence-corrected chi connectivity index (χ4v) is 5.85. The van der Waals surface area contributed by atoms with Crippen molar-refractivity contribution in [1.82, 2.24) is 0 Å². The van der Waals surface area contributed by atoms with E-state index in [-0.39, 0.29) is 18.4 Å². The number of hydrogen-bond acceptors (Lipinski definition) is 5. The van der Waals surface area contributed by atoms with Crippen LogP contribution in [0.25, 0.3) is 0 Å². The Hall–Kier alpha value is -2.71. The fraction of sp³-hybridized carbons (Fsp3) is 0.435. The predicted molar refractivity (Wildman–Crippen MR) is 118 cm³/mol. The lowest BCUT2D eigenvalue weighted by Crippen LogP contribution is -2.36. The number of nitrogens with one attached hydrogen (secondary N) is 2. The molecule has 4 N–H and O–H groups in total. The molecule has 1 aromatic heterocycles. The summed E-state index contributed by atoms with van der Waals surface area (Å²) in [5.74, 6) is -2.79. The number of hydrogen-bond donors (Lipinski definition) is 4. The Morgan fingerprint density at radius 3 is 2.35 bits per heavy atom. The number of carbonyl (C=O) groups excluding carboxylic acids is 2. The quantitative estimate of drug-likeness (QED) is 0.543. The average molecular weight is 443 g/mol. The van der Waals surface area contributed by atoms with Crippen molar-refractivity contribution in [3.63, 3.8) is 0 Å². The summed E-state index contributed by atoms with van der Waals surface area (Å²) in [6.07, 6.45) is 5.34. The number of thiophene rings is 1. The van der Waals surface area contributed by atoms with Gasteiger partial charge in [0.25, 0.3) is 5.91 Å². The van der Waals surface area contributed by atoms with Crippen LogP contribution in [0.2, 0.25) is 0 Å². The number of carboxylic acid groups (broad SMARTS) is 1. The largest absolute Gasteiger partial charge is 0.481 e. The minimum atomic E-state index is -0.933. The molecule has 7 nitrogen and oxygen atoms in total. The number of aliphatic hydroxyl groups is 1. The van der Waals surface area contributed by atoms with Gasteiger partial charge in [-0.05, 0) is 55.4 Å². The number of rotatable bonds is 6. The maximum absolute atomic E-state index is 13.1. The normalized spacial score (nSPS) is 20.2. The van der Waals surface area contributed by atoms with Crippen LogP contribution >= 0.6 is 11.3 Å². The SMILES string of the molecule is O=C(Nc1ccc(CO)cc1)c1c(NC(=O)C2CCCCC2C(=O)O)sc2c1CCC2. The topological polar surface area (TPSA) is 116 Å². The molecule has 0 spiro atoms. The summed E-state index contributed by atoms with van der Waals surface area (Å²) >= 11 is 1.42. The van der Waals surface area contributed by atoms with E-state index in [4.69, 9.17) is 0 Å². The first kappa shape index (κ1) is 21.5. The minimum absolute atomic E-state index is 0.0685. The van der Waals surface area contributed by atoms with E-state index in [1.807, 2.05) is 0 Å². The Morgan fingerprint density at radius 1 is 0.968 bits per heavy atom. The molecule has 2 aliphatic carbocycles. The van der Waals surface area contributed by atoms with Crippen LogP contribution in [0, 0.1) is 11.8 Å². The second-order valence-electron chi connectivity index (χ2n) is 8.20. The number of fused-ring (bicyclic) bond motifs is 1. The van der Waals surface area contributed by atoms with Gasteiger partial charge in [0.15, 0.2) is 0 Å². The first-order valence-corrected chi connectivity index (χ1v) is 11.5. The summed E-state index contributed by atoms with van der Waals surface area (Å²) in [5.41, 5.74) is 2.82. The van der Waals surface area contributed by atoms with Gasteiger partial charge in [-0.2, -0.15) is 0 Å². The van der Waals surface area contributed by atoms with Gasteiger partial charge in [0.05, 0.1) is 24.0 Å². The zero-order chi connectivity index (χ0) is 22.0. The molecule has 8 heteroatoms. The molecule has 1 heterocycles. The summed E-state index contributed by atoms with van der Waals surface area (Å²) in [4.78, 5) is 38.8. The zero-order valence-electron chi connectivity index (χ0n) is 17.1. The molecule has 2 unspecified atom stereocenters. The highest BCUT2D eigenvalue weighted by Crippen LogP contribution is 2.40. The third-order valence-corrected chi connectivity index (χ3v) is 7.41. The summed E-state index contributed by atoms with van der Waals surface area (Å²) in [6, 6.07) is 6.94. The molecule has 31 heavy (non-hydrogen) atoms. The van der Waals surface area contributed by atoms with E-state index < -0.39 is 17.8 Å². The average Bonchev–Trinajstić information content (AvgIpc) is 3.35. The van der Waals surface area contributed by atoms with Gasteiger partial charge in [-0.3, -0.25) is 14.4 Å². The summed E-state index contributed by atoms with van der Waals surface area (Å²) < 4.78 is 0. The van der Waals surface area contributed by atoms with Crippen LogP contribution in [0.1, 0.15) is 58.5 Å². The van der Waals surface area contributed by atoms with E-state index in [2.05, 4.69) is 10.6 Å². The van der Waals surface area contributed by atoms with Crippen molar-refractivity contribution in [1.29, 1.82) is 0 Å². The van der Waals surface area contributed by atoms with Crippen LogP contribution in [0.15, 0.2) is 24.3 Å². The lowest BCUT2D eigenvalue weighted by Gasteiger charge is -2.27. The molecule has 164 valence electrons. The number of amides is 2. The Morgan fingerprint density at radius 2 is 1.68 bits per heavy atom. The molecule has 0 bridgehead atoms. The molecule has 2 amide bonds. The molecule has 0 saturated heterocycles. The molecule has 4 rings (SSSR count).